The second-order valence-corrected chi connectivity index (χ2v) is 9.50. The van der Waals surface area contributed by atoms with Gasteiger partial charge in [-0.1, -0.05) is 121 Å². The van der Waals surface area contributed by atoms with Crippen LogP contribution in [-0.4, -0.2) is 5.11 Å². The van der Waals surface area contributed by atoms with Gasteiger partial charge in [0.25, 0.3) is 0 Å². The van der Waals surface area contributed by atoms with Gasteiger partial charge in [-0.2, -0.15) is 0 Å². The molecule has 0 bridgehead atoms. The predicted octanol–water partition coefficient (Wildman–Crippen LogP) is 8.58. The lowest BCUT2D eigenvalue weighted by atomic mass is 9.67. The van der Waals surface area contributed by atoms with Crippen molar-refractivity contribution in [3.63, 3.8) is 0 Å². The first-order valence-electron chi connectivity index (χ1n) is 12.3. The topological polar surface area (TPSA) is 20.2 Å². The molecule has 170 valence electrons. The Labute approximate surface area is 210 Å². The maximum atomic E-state index is 11.5. The van der Waals surface area contributed by atoms with Crippen molar-refractivity contribution in [1.82, 2.24) is 0 Å². The molecule has 1 nitrogen and oxygen atoms in total. The van der Waals surface area contributed by atoms with E-state index in [0.717, 1.165) is 16.7 Å². The maximum Gasteiger partial charge on any atom is 0.123 e. The molecular weight excluding hydrogens is 436 g/mol. The summed E-state index contributed by atoms with van der Waals surface area (Å²) in [5.74, 6) is 0.299. The number of benzene rings is 6. The zero-order valence-electron chi connectivity index (χ0n) is 19.7. The van der Waals surface area contributed by atoms with Gasteiger partial charge in [-0.15, -0.1) is 0 Å². The van der Waals surface area contributed by atoms with E-state index in [1.165, 1.54) is 38.6 Å². The number of hydrogen-bond donors (Lipinski definition) is 1. The smallest absolute Gasteiger partial charge is 0.123 e. The Balaban J connectivity index is 1.55. The molecule has 6 aromatic carbocycles. The number of phenols is 1. The molecule has 0 amide bonds. The number of rotatable bonds is 3. The van der Waals surface area contributed by atoms with Gasteiger partial charge in [0.15, 0.2) is 0 Å². The van der Waals surface area contributed by atoms with Crippen LogP contribution >= 0.6 is 0 Å². The third-order valence-electron chi connectivity index (χ3n) is 7.64. The average molecular weight is 461 g/mol. The lowest BCUT2D eigenvalue weighted by Gasteiger charge is -2.34. The van der Waals surface area contributed by atoms with Crippen LogP contribution in [-0.2, 0) is 5.41 Å². The molecule has 0 heterocycles. The van der Waals surface area contributed by atoms with Gasteiger partial charge in [0, 0.05) is 5.56 Å². The Morgan fingerprint density at radius 3 is 1.75 bits per heavy atom. The summed E-state index contributed by atoms with van der Waals surface area (Å²) in [4.78, 5) is 0. The Bertz CT molecular complexity index is 1690. The molecule has 0 aromatic heterocycles. The van der Waals surface area contributed by atoms with Crippen molar-refractivity contribution >= 4 is 10.8 Å². The van der Waals surface area contributed by atoms with Gasteiger partial charge in [0.05, 0.1) is 5.41 Å². The van der Waals surface area contributed by atoms with Crippen LogP contribution in [0.4, 0.5) is 0 Å². The lowest BCUT2D eigenvalue weighted by molar-refractivity contribution is 0.476. The highest BCUT2D eigenvalue weighted by molar-refractivity contribution is 5.93. The molecular formula is C35H24O. The van der Waals surface area contributed by atoms with E-state index in [4.69, 9.17) is 0 Å². The molecule has 1 aliphatic carbocycles. The van der Waals surface area contributed by atoms with E-state index < -0.39 is 5.41 Å². The van der Waals surface area contributed by atoms with Crippen molar-refractivity contribution in [1.29, 1.82) is 0 Å². The predicted molar refractivity (Wildman–Crippen MR) is 148 cm³/mol. The van der Waals surface area contributed by atoms with Crippen LogP contribution in [0.3, 0.4) is 0 Å². The molecule has 1 N–H and O–H groups in total. The van der Waals surface area contributed by atoms with E-state index in [2.05, 4.69) is 133 Å². The van der Waals surface area contributed by atoms with Gasteiger partial charge in [-0.25, -0.2) is 0 Å². The van der Waals surface area contributed by atoms with Crippen LogP contribution in [0.25, 0.3) is 33.0 Å². The third-order valence-corrected chi connectivity index (χ3v) is 7.64. The molecule has 1 heteroatoms. The van der Waals surface area contributed by atoms with Crippen molar-refractivity contribution in [3.05, 3.63) is 162 Å². The van der Waals surface area contributed by atoms with Crippen molar-refractivity contribution in [2.24, 2.45) is 0 Å². The summed E-state index contributed by atoms with van der Waals surface area (Å²) >= 11 is 0. The van der Waals surface area contributed by atoms with Gasteiger partial charge in [0.1, 0.15) is 5.75 Å². The number of fused-ring (bicyclic) bond motifs is 4. The Kier molecular flexibility index (Phi) is 4.59. The zero-order valence-corrected chi connectivity index (χ0v) is 19.7. The standard InChI is InChI=1S/C35H24O/c36-34-23-33-31(22-30(34)26-20-19-24-11-7-8-12-25(24)21-26)29-17-9-10-18-32(29)35(33,27-13-3-1-4-14-27)28-15-5-2-6-16-28/h1-23,36H. The molecule has 0 spiro atoms. The molecule has 0 saturated carbocycles. The summed E-state index contributed by atoms with van der Waals surface area (Å²) in [6, 6.07) is 48.9. The average Bonchev–Trinajstić information content (AvgIpc) is 3.23. The molecule has 36 heavy (non-hydrogen) atoms. The van der Waals surface area contributed by atoms with Crippen LogP contribution in [0.1, 0.15) is 22.3 Å². The Morgan fingerprint density at radius 1 is 0.417 bits per heavy atom. The van der Waals surface area contributed by atoms with Crippen molar-refractivity contribution < 1.29 is 5.11 Å². The third kappa shape index (κ3) is 2.90. The van der Waals surface area contributed by atoms with Crippen LogP contribution in [0, 0.1) is 0 Å². The SMILES string of the molecule is Oc1cc2c(cc1-c1ccc3ccccc3c1)-c1ccccc1C2(c1ccccc1)c1ccccc1. The van der Waals surface area contributed by atoms with Crippen LogP contribution < -0.4 is 0 Å². The van der Waals surface area contributed by atoms with Crippen molar-refractivity contribution in [2.45, 2.75) is 5.41 Å². The van der Waals surface area contributed by atoms with E-state index in [1.54, 1.807) is 0 Å². The molecule has 6 aromatic rings. The van der Waals surface area contributed by atoms with E-state index in [9.17, 15) is 5.11 Å². The van der Waals surface area contributed by atoms with Gasteiger partial charge < -0.3 is 5.11 Å². The molecule has 0 unspecified atom stereocenters. The van der Waals surface area contributed by atoms with Gasteiger partial charge >= 0.3 is 0 Å². The van der Waals surface area contributed by atoms with Crippen LogP contribution in [0.2, 0.25) is 0 Å². The minimum Gasteiger partial charge on any atom is -0.507 e. The Hall–Kier alpha value is -4.62. The minimum absolute atomic E-state index is 0.299. The Morgan fingerprint density at radius 2 is 1.03 bits per heavy atom. The molecule has 0 atom stereocenters. The summed E-state index contributed by atoms with van der Waals surface area (Å²) in [5.41, 5.74) is 8.49. The maximum absolute atomic E-state index is 11.5. The summed E-state index contributed by atoms with van der Waals surface area (Å²) < 4.78 is 0. The first kappa shape index (κ1) is 20.7. The van der Waals surface area contributed by atoms with Crippen molar-refractivity contribution in [3.8, 4) is 28.0 Å². The minimum atomic E-state index is -0.506. The fourth-order valence-corrected chi connectivity index (χ4v) is 6.06. The van der Waals surface area contributed by atoms with E-state index in [0.29, 0.717) is 5.75 Å². The second kappa shape index (κ2) is 7.96. The summed E-state index contributed by atoms with van der Waals surface area (Å²) in [6.07, 6.45) is 0. The molecule has 1 aliphatic rings. The summed E-state index contributed by atoms with van der Waals surface area (Å²) in [6.45, 7) is 0. The summed E-state index contributed by atoms with van der Waals surface area (Å²) in [7, 11) is 0. The van der Waals surface area contributed by atoms with Gasteiger partial charge in [0.2, 0.25) is 0 Å². The van der Waals surface area contributed by atoms with E-state index in [1.807, 2.05) is 6.07 Å². The first-order valence-corrected chi connectivity index (χ1v) is 12.3. The quantitative estimate of drug-likeness (QED) is 0.280. The van der Waals surface area contributed by atoms with Crippen molar-refractivity contribution in [2.75, 3.05) is 0 Å². The fraction of sp³-hybridized carbons (Fsp3) is 0.0286. The molecule has 0 radical (unpaired) electrons. The number of hydrogen-bond acceptors (Lipinski definition) is 1. The monoisotopic (exact) mass is 460 g/mol. The number of phenolic OH excluding ortho intramolecular Hbond substituents is 1. The number of aromatic hydroxyl groups is 1. The molecule has 0 aliphatic heterocycles. The highest BCUT2D eigenvalue weighted by atomic mass is 16.3. The van der Waals surface area contributed by atoms with E-state index in [-0.39, 0.29) is 0 Å². The van der Waals surface area contributed by atoms with Gasteiger partial charge in [-0.05, 0) is 67.9 Å². The highest BCUT2D eigenvalue weighted by Crippen LogP contribution is 2.57. The first-order chi connectivity index (χ1) is 17.8. The second-order valence-electron chi connectivity index (χ2n) is 9.50. The lowest BCUT2D eigenvalue weighted by Crippen LogP contribution is -2.28. The zero-order chi connectivity index (χ0) is 24.1. The summed E-state index contributed by atoms with van der Waals surface area (Å²) in [5, 5.41) is 13.9. The highest BCUT2D eigenvalue weighted by Gasteiger charge is 2.46. The van der Waals surface area contributed by atoms with Crippen LogP contribution in [0.5, 0.6) is 5.75 Å². The van der Waals surface area contributed by atoms with Crippen LogP contribution in [0.15, 0.2) is 140 Å². The van der Waals surface area contributed by atoms with E-state index >= 15 is 0 Å². The molecule has 7 rings (SSSR count). The molecule has 0 saturated heterocycles. The normalized spacial score (nSPS) is 13.3. The van der Waals surface area contributed by atoms with Gasteiger partial charge in [-0.3, -0.25) is 0 Å². The molecule has 0 fully saturated rings. The largest absolute Gasteiger partial charge is 0.507 e. The fourth-order valence-electron chi connectivity index (χ4n) is 6.06.